The van der Waals surface area contributed by atoms with Crippen molar-refractivity contribution in [1.29, 1.82) is 5.26 Å². The fraction of sp³-hybridized carbons (Fsp3) is 0.150. The number of nitrogens with one attached hydrogen (secondary N) is 2. The first-order valence-electron chi connectivity index (χ1n) is 9.20. The number of anilines is 2. The van der Waals surface area contributed by atoms with Crippen LogP contribution >= 0.6 is 0 Å². The van der Waals surface area contributed by atoms with E-state index in [2.05, 4.69) is 36.3 Å². The first-order valence-corrected chi connectivity index (χ1v) is 11.0. The summed E-state index contributed by atoms with van der Waals surface area (Å²) in [7, 11) is -1.98. The van der Waals surface area contributed by atoms with Gasteiger partial charge < -0.3 is 10.3 Å². The molecule has 4 aromatic rings. The van der Waals surface area contributed by atoms with Crippen molar-refractivity contribution < 1.29 is 8.42 Å². The Morgan fingerprint density at radius 1 is 1.16 bits per heavy atom. The number of pyridine rings is 1. The van der Waals surface area contributed by atoms with Crippen LogP contribution in [0.15, 0.2) is 48.8 Å². The molecule has 31 heavy (non-hydrogen) atoms. The van der Waals surface area contributed by atoms with Crippen LogP contribution in [-0.4, -0.2) is 46.6 Å². The fourth-order valence-corrected chi connectivity index (χ4v) is 3.43. The van der Waals surface area contributed by atoms with Gasteiger partial charge in [0, 0.05) is 31.5 Å². The Morgan fingerprint density at radius 3 is 2.77 bits per heavy atom. The highest BCUT2D eigenvalue weighted by Crippen LogP contribution is 2.21. The summed E-state index contributed by atoms with van der Waals surface area (Å²) in [4.78, 5) is 20.6. The van der Waals surface area contributed by atoms with E-state index in [1.54, 1.807) is 48.8 Å². The minimum absolute atomic E-state index is 0.311. The normalized spacial score (nSPS) is 11.3. The van der Waals surface area contributed by atoms with Crippen LogP contribution < -0.4 is 9.62 Å². The Bertz CT molecular complexity index is 1410. The Balaban J connectivity index is 1.58. The number of imidazole rings is 1. The second-order valence-corrected chi connectivity index (χ2v) is 8.78. The van der Waals surface area contributed by atoms with Crippen molar-refractivity contribution in [2.75, 3.05) is 22.9 Å². The number of H-pyrrole nitrogens is 1. The highest BCUT2D eigenvalue weighted by Gasteiger charge is 2.17. The first kappa shape index (κ1) is 20.2. The summed E-state index contributed by atoms with van der Waals surface area (Å²) in [5, 5.41) is 12.2. The maximum absolute atomic E-state index is 11.9. The largest absolute Gasteiger partial charge is 0.366 e. The van der Waals surface area contributed by atoms with Gasteiger partial charge in [-0.1, -0.05) is 6.07 Å². The zero-order valence-corrected chi connectivity index (χ0v) is 17.6. The molecule has 3 heterocycles. The zero-order valence-electron chi connectivity index (χ0n) is 16.7. The number of hydrogen-bond acceptors (Lipinski definition) is 8. The SMILES string of the molecule is CN(c1ncccc1CNc1ccnc(-c2nc3ccc(C#N)cc3[nH]2)n1)S(C)(=O)=O. The standard InChI is InChI=1S/C20H18N8O2S/c1-28(31(2,29)30)20-14(4-3-8-23-20)12-24-17-7-9-22-18(27-17)19-25-15-6-5-13(11-21)10-16(15)26-19/h3-10H,12H2,1-2H3,(H,25,26)(H,22,24,27). The van der Waals surface area contributed by atoms with Gasteiger partial charge >= 0.3 is 0 Å². The second kappa shape index (κ2) is 8.00. The molecule has 2 N–H and O–H groups in total. The smallest absolute Gasteiger partial charge is 0.233 e. The van der Waals surface area contributed by atoms with E-state index in [-0.39, 0.29) is 0 Å². The fourth-order valence-electron chi connectivity index (χ4n) is 2.95. The van der Waals surface area contributed by atoms with E-state index in [4.69, 9.17) is 5.26 Å². The Labute approximate surface area is 178 Å². The molecule has 10 nitrogen and oxygen atoms in total. The lowest BCUT2D eigenvalue weighted by molar-refractivity contribution is 0.599. The molecule has 0 spiro atoms. The maximum Gasteiger partial charge on any atom is 0.233 e. The van der Waals surface area contributed by atoms with Crippen LogP contribution in [0.3, 0.4) is 0 Å². The van der Waals surface area contributed by atoms with Gasteiger partial charge in [-0.15, -0.1) is 0 Å². The van der Waals surface area contributed by atoms with E-state index >= 15 is 0 Å². The van der Waals surface area contributed by atoms with Gasteiger partial charge in [0.2, 0.25) is 10.0 Å². The van der Waals surface area contributed by atoms with Crippen LogP contribution in [0.5, 0.6) is 0 Å². The Kier molecular flexibility index (Phi) is 5.22. The summed E-state index contributed by atoms with van der Waals surface area (Å²) in [6, 6.07) is 12.5. The number of nitrogens with zero attached hydrogens (tertiary/aromatic N) is 6. The summed E-state index contributed by atoms with van der Waals surface area (Å²) in [6.07, 6.45) is 4.27. The van der Waals surface area contributed by atoms with Crippen molar-refractivity contribution in [3.05, 3.63) is 59.9 Å². The van der Waals surface area contributed by atoms with Gasteiger partial charge in [0.05, 0.1) is 28.9 Å². The molecule has 0 amide bonds. The average Bonchev–Trinajstić information content (AvgIpc) is 3.20. The summed E-state index contributed by atoms with van der Waals surface area (Å²) < 4.78 is 24.9. The Morgan fingerprint density at radius 2 is 2.00 bits per heavy atom. The van der Waals surface area contributed by atoms with Crippen LogP contribution in [0, 0.1) is 11.3 Å². The van der Waals surface area contributed by atoms with Crippen LogP contribution in [0.2, 0.25) is 0 Å². The molecule has 0 bridgehead atoms. The highest BCUT2D eigenvalue weighted by molar-refractivity contribution is 7.92. The minimum Gasteiger partial charge on any atom is -0.366 e. The van der Waals surface area contributed by atoms with Crippen LogP contribution in [0.1, 0.15) is 11.1 Å². The molecule has 0 aliphatic rings. The number of fused-ring (bicyclic) bond motifs is 1. The third-order valence-electron chi connectivity index (χ3n) is 4.60. The highest BCUT2D eigenvalue weighted by atomic mass is 32.2. The van der Waals surface area contributed by atoms with Crippen molar-refractivity contribution in [2.45, 2.75) is 6.54 Å². The predicted molar refractivity (Wildman–Crippen MR) is 117 cm³/mol. The lowest BCUT2D eigenvalue weighted by atomic mass is 10.2. The summed E-state index contributed by atoms with van der Waals surface area (Å²) in [5.41, 5.74) is 2.66. The molecule has 0 aliphatic heterocycles. The van der Waals surface area contributed by atoms with Crippen molar-refractivity contribution in [2.24, 2.45) is 0 Å². The number of nitriles is 1. The second-order valence-electron chi connectivity index (χ2n) is 6.76. The number of hydrogen-bond donors (Lipinski definition) is 2. The van der Waals surface area contributed by atoms with Gasteiger partial charge in [0.15, 0.2) is 11.6 Å². The quantitative estimate of drug-likeness (QED) is 0.471. The van der Waals surface area contributed by atoms with E-state index in [0.29, 0.717) is 46.5 Å². The molecule has 4 rings (SSSR count). The van der Waals surface area contributed by atoms with Gasteiger partial charge in [0.1, 0.15) is 11.6 Å². The number of benzene rings is 1. The maximum atomic E-state index is 11.9. The molecule has 3 aromatic heterocycles. The molecule has 0 aliphatic carbocycles. The van der Waals surface area contributed by atoms with Crippen LogP contribution in [0.4, 0.5) is 11.6 Å². The number of rotatable bonds is 6. The lowest BCUT2D eigenvalue weighted by Crippen LogP contribution is -2.27. The van der Waals surface area contributed by atoms with Gasteiger partial charge in [-0.05, 0) is 30.3 Å². The zero-order chi connectivity index (χ0) is 22.0. The molecular formula is C20H18N8O2S. The van der Waals surface area contributed by atoms with Crippen LogP contribution in [0.25, 0.3) is 22.7 Å². The monoisotopic (exact) mass is 434 g/mol. The summed E-state index contributed by atoms with van der Waals surface area (Å²) in [5.74, 6) is 1.75. The predicted octanol–water partition coefficient (Wildman–Crippen LogP) is 2.29. The van der Waals surface area contributed by atoms with E-state index in [9.17, 15) is 8.42 Å². The summed E-state index contributed by atoms with van der Waals surface area (Å²) >= 11 is 0. The molecular weight excluding hydrogens is 416 g/mol. The number of sulfonamides is 1. The third kappa shape index (κ3) is 4.29. The number of aromatic nitrogens is 5. The molecule has 1 aromatic carbocycles. The lowest BCUT2D eigenvalue weighted by Gasteiger charge is -2.19. The van der Waals surface area contributed by atoms with Crippen molar-refractivity contribution in [3.63, 3.8) is 0 Å². The van der Waals surface area contributed by atoms with E-state index in [0.717, 1.165) is 16.1 Å². The van der Waals surface area contributed by atoms with Crippen LogP contribution in [-0.2, 0) is 16.6 Å². The van der Waals surface area contributed by atoms with E-state index < -0.39 is 10.0 Å². The molecule has 0 radical (unpaired) electrons. The molecule has 0 saturated carbocycles. The van der Waals surface area contributed by atoms with Gasteiger partial charge in [-0.25, -0.2) is 28.4 Å². The Hall–Kier alpha value is -4.04. The first-order chi connectivity index (χ1) is 14.8. The molecule has 0 unspecified atom stereocenters. The molecule has 0 atom stereocenters. The van der Waals surface area contributed by atoms with Gasteiger partial charge in [-0.3, -0.25) is 4.31 Å². The number of aromatic amines is 1. The van der Waals surface area contributed by atoms with E-state index in [1.807, 2.05) is 0 Å². The van der Waals surface area contributed by atoms with Crippen molar-refractivity contribution >= 4 is 32.7 Å². The molecule has 156 valence electrons. The molecule has 0 fully saturated rings. The van der Waals surface area contributed by atoms with Crippen molar-refractivity contribution in [1.82, 2.24) is 24.9 Å². The minimum atomic E-state index is -3.44. The molecule has 0 saturated heterocycles. The topological polar surface area (TPSA) is 141 Å². The third-order valence-corrected chi connectivity index (χ3v) is 5.77. The van der Waals surface area contributed by atoms with Gasteiger partial charge in [0.25, 0.3) is 0 Å². The summed E-state index contributed by atoms with van der Waals surface area (Å²) in [6.45, 7) is 0.311. The van der Waals surface area contributed by atoms with Gasteiger partial charge in [-0.2, -0.15) is 5.26 Å². The van der Waals surface area contributed by atoms with Crippen molar-refractivity contribution in [3.8, 4) is 17.7 Å². The average molecular weight is 434 g/mol. The molecule has 11 heteroatoms. The van der Waals surface area contributed by atoms with E-state index in [1.165, 1.54) is 7.05 Å².